The van der Waals surface area contributed by atoms with E-state index < -0.39 is 10.0 Å². The quantitative estimate of drug-likeness (QED) is 0.668. The van der Waals surface area contributed by atoms with E-state index in [1.54, 1.807) is 23.1 Å². The van der Waals surface area contributed by atoms with Gasteiger partial charge in [0.15, 0.2) is 0 Å². The summed E-state index contributed by atoms with van der Waals surface area (Å²) in [6.45, 7) is 4.01. The summed E-state index contributed by atoms with van der Waals surface area (Å²) in [4.78, 5) is 14.5. The molecule has 0 aliphatic rings. The fourth-order valence-corrected chi connectivity index (χ4v) is 4.07. The second-order valence-corrected chi connectivity index (χ2v) is 8.45. The van der Waals surface area contributed by atoms with Crippen molar-refractivity contribution >= 4 is 37.5 Å². The van der Waals surface area contributed by atoms with E-state index in [1.165, 1.54) is 20.2 Å². The highest BCUT2D eigenvalue weighted by atomic mass is 79.9. The molecule has 0 aromatic heterocycles. The van der Waals surface area contributed by atoms with Gasteiger partial charge in [-0.15, -0.1) is 6.58 Å². The second-order valence-electron chi connectivity index (χ2n) is 5.47. The number of rotatable bonds is 6. The van der Waals surface area contributed by atoms with Crippen LogP contribution in [0.1, 0.15) is 10.4 Å². The molecule has 0 heterocycles. The van der Waals surface area contributed by atoms with E-state index in [9.17, 15) is 13.2 Å². The highest BCUT2D eigenvalue weighted by Crippen LogP contribution is 2.26. The first-order chi connectivity index (χ1) is 11.8. The van der Waals surface area contributed by atoms with Gasteiger partial charge in [0, 0.05) is 36.4 Å². The summed E-state index contributed by atoms with van der Waals surface area (Å²) in [6, 6.07) is 13.7. The van der Waals surface area contributed by atoms with Crippen molar-refractivity contribution in [1.29, 1.82) is 0 Å². The lowest BCUT2D eigenvalue weighted by Gasteiger charge is -2.22. The first-order valence-electron chi connectivity index (χ1n) is 7.49. The Labute approximate surface area is 156 Å². The summed E-state index contributed by atoms with van der Waals surface area (Å²) < 4.78 is 26.4. The van der Waals surface area contributed by atoms with Crippen molar-refractivity contribution in [2.75, 3.05) is 25.5 Å². The average molecular weight is 423 g/mol. The van der Waals surface area contributed by atoms with Crippen molar-refractivity contribution in [3.63, 3.8) is 0 Å². The molecule has 0 fully saturated rings. The second kappa shape index (κ2) is 7.95. The molecule has 0 saturated heterocycles. The highest BCUT2D eigenvalue weighted by molar-refractivity contribution is 9.10. The SMILES string of the molecule is C=CCN(C(=O)c1ccc(Br)c(S(=O)(=O)N(C)C)c1)c1ccccc1. The molecule has 0 radical (unpaired) electrons. The molecule has 1 amide bonds. The van der Waals surface area contributed by atoms with Crippen molar-refractivity contribution < 1.29 is 13.2 Å². The summed E-state index contributed by atoms with van der Waals surface area (Å²) in [7, 11) is -0.773. The summed E-state index contributed by atoms with van der Waals surface area (Å²) in [6.07, 6.45) is 1.63. The molecule has 0 aliphatic heterocycles. The molecule has 2 rings (SSSR count). The molecule has 7 heteroatoms. The fraction of sp³-hybridized carbons (Fsp3) is 0.167. The number of carbonyl (C=O) groups is 1. The summed E-state index contributed by atoms with van der Waals surface area (Å²) in [5.41, 5.74) is 1.00. The van der Waals surface area contributed by atoms with Crippen LogP contribution in [0.2, 0.25) is 0 Å². The number of hydrogen-bond acceptors (Lipinski definition) is 3. The van der Waals surface area contributed by atoms with Crippen LogP contribution >= 0.6 is 15.9 Å². The maximum absolute atomic E-state index is 12.9. The van der Waals surface area contributed by atoms with E-state index in [4.69, 9.17) is 0 Å². The summed E-state index contributed by atoms with van der Waals surface area (Å²) in [5.74, 6) is -0.297. The molecule has 2 aromatic carbocycles. The van der Waals surface area contributed by atoms with Gasteiger partial charge in [-0.1, -0.05) is 24.3 Å². The molecule has 0 unspecified atom stereocenters. The van der Waals surface area contributed by atoms with Crippen LogP contribution in [-0.2, 0) is 10.0 Å². The van der Waals surface area contributed by atoms with Crippen LogP contribution in [0.15, 0.2) is 70.6 Å². The number of nitrogens with zero attached hydrogens (tertiary/aromatic N) is 2. The molecule has 0 N–H and O–H groups in total. The van der Waals surface area contributed by atoms with E-state index >= 15 is 0 Å². The maximum atomic E-state index is 12.9. The topological polar surface area (TPSA) is 57.7 Å². The number of amides is 1. The number of halogens is 1. The third-order valence-electron chi connectivity index (χ3n) is 3.56. The van der Waals surface area contributed by atoms with Crippen LogP contribution in [0.5, 0.6) is 0 Å². The predicted molar refractivity (Wildman–Crippen MR) is 103 cm³/mol. The third-order valence-corrected chi connectivity index (χ3v) is 6.37. The fourth-order valence-electron chi connectivity index (χ4n) is 2.23. The predicted octanol–water partition coefficient (Wildman–Crippen LogP) is 3.53. The Morgan fingerprint density at radius 2 is 1.80 bits per heavy atom. The Hall–Kier alpha value is -1.96. The maximum Gasteiger partial charge on any atom is 0.258 e. The summed E-state index contributed by atoms with van der Waals surface area (Å²) in [5, 5.41) is 0. The van der Waals surface area contributed by atoms with Gasteiger partial charge in [-0.2, -0.15) is 0 Å². The van der Waals surface area contributed by atoms with Gasteiger partial charge in [-0.3, -0.25) is 4.79 Å². The van der Waals surface area contributed by atoms with Gasteiger partial charge >= 0.3 is 0 Å². The van der Waals surface area contributed by atoms with Gasteiger partial charge in [-0.05, 0) is 46.3 Å². The molecule has 0 spiro atoms. The van der Waals surface area contributed by atoms with Crippen LogP contribution in [0, 0.1) is 0 Å². The van der Waals surface area contributed by atoms with Crippen LogP contribution in [0.3, 0.4) is 0 Å². The van der Waals surface area contributed by atoms with E-state index in [1.807, 2.05) is 30.3 Å². The molecular weight excluding hydrogens is 404 g/mol. The lowest BCUT2D eigenvalue weighted by molar-refractivity contribution is 0.0989. The number of hydrogen-bond donors (Lipinski definition) is 0. The van der Waals surface area contributed by atoms with E-state index in [0.29, 0.717) is 16.7 Å². The van der Waals surface area contributed by atoms with Gasteiger partial charge in [0.1, 0.15) is 0 Å². The Balaban J connectivity index is 2.50. The molecule has 0 atom stereocenters. The third kappa shape index (κ3) is 4.18. The van der Waals surface area contributed by atoms with Crippen LogP contribution < -0.4 is 4.90 Å². The van der Waals surface area contributed by atoms with Crippen molar-refractivity contribution in [3.8, 4) is 0 Å². The molecule has 0 saturated carbocycles. The van der Waals surface area contributed by atoms with Crippen molar-refractivity contribution in [3.05, 3.63) is 71.2 Å². The molecular formula is C18H19BrN2O3S. The van der Waals surface area contributed by atoms with E-state index in [2.05, 4.69) is 22.5 Å². The minimum absolute atomic E-state index is 0.0509. The van der Waals surface area contributed by atoms with Gasteiger partial charge in [0.05, 0.1) is 4.90 Å². The standard InChI is InChI=1S/C18H19BrN2O3S/c1-4-12-21(15-8-6-5-7-9-15)18(22)14-10-11-16(19)17(13-14)25(23,24)20(2)3/h4-11,13H,1,12H2,2-3H3. The Morgan fingerprint density at radius 1 is 1.16 bits per heavy atom. The molecule has 25 heavy (non-hydrogen) atoms. The zero-order chi connectivity index (χ0) is 18.6. The number of benzene rings is 2. The summed E-state index contributed by atoms with van der Waals surface area (Å²) >= 11 is 3.25. The first kappa shape index (κ1) is 19.4. The molecule has 2 aromatic rings. The van der Waals surface area contributed by atoms with Crippen molar-refractivity contribution in [1.82, 2.24) is 4.31 Å². The molecule has 0 aliphatic carbocycles. The Bertz CT molecular complexity index is 880. The smallest absolute Gasteiger partial charge is 0.258 e. The molecule has 5 nitrogen and oxygen atoms in total. The number of carbonyl (C=O) groups excluding carboxylic acids is 1. The monoisotopic (exact) mass is 422 g/mol. The Kier molecular flexibility index (Phi) is 6.16. The lowest BCUT2D eigenvalue weighted by atomic mass is 10.1. The van der Waals surface area contributed by atoms with Gasteiger partial charge in [0.25, 0.3) is 5.91 Å². The van der Waals surface area contributed by atoms with E-state index in [-0.39, 0.29) is 16.4 Å². The van der Waals surface area contributed by atoms with E-state index in [0.717, 1.165) is 4.31 Å². The van der Waals surface area contributed by atoms with Crippen LogP contribution in [0.25, 0.3) is 0 Å². The normalized spacial score (nSPS) is 11.4. The number of anilines is 1. The van der Waals surface area contributed by atoms with Gasteiger partial charge < -0.3 is 4.90 Å². The van der Waals surface area contributed by atoms with Crippen LogP contribution in [-0.4, -0.2) is 39.3 Å². The van der Waals surface area contributed by atoms with Gasteiger partial charge in [0.2, 0.25) is 10.0 Å². The minimum atomic E-state index is -3.67. The van der Waals surface area contributed by atoms with Crippen LogP contribution in [0.4, 0.5) is 5.69 Å². The molecule has 132 valence electrons. The number of sulfonamides is 1. The van der Waals surface area contributed by atoms with Crippen molar-refractivity contribution in [2.24, 2.45) is 0 Å². The highest BCUT2D eigenvalue weighted by Gasteiger charge is 2.24. The lowest BCUT2D eigenvalue weighted by Crippen LogP contribution is -2.31. The zero-order valence-corrected chi connectivity index (χ0v) is 16.4. The first-order valence-corrected chi connectivity index (χ1v) is 9.72. The molecule has 0 bridgehead atoms. The largest absolute Gasteiger partial charge is 0.305 e. The van der Waals surface area contributed by atoms with Gasteiger partial charge in [-0.25, -0.2) is 12.7 Å². The average Bonchev–Trinajstić information content (AvgIpc) is 2.60. The zero-order valence-electron chi connectivity index (χ0n) is 14.0. The Morgan fingerprint density at radius 3 is 2.36 bits per heavy atom. The van der Waals surface area contributed by atoms with Crippen molar-refractivity contribution in [2.45, 2.75) is 4.90 Å². The number of para-hydroxylation sites is 1. The minimum Gasteiger partial charge on any atom is -0.305 e.